The zero-order chi connectivity index (χ0) is 20.5. The molecule has 29 heavy (non-hydrogen) atoms. The normalized spacial score (nSPS) is 12.6. The minimum Gasteiger partial charge on any atom is -0.471 e. The summed E-state index contributed by atoms with van der Waals surface area (Å²) in [7, 11) is 0. The highest BCUT2D eigenvalue weighted by molar-refractivity contribution is 6.31. The topological polar surface area (TPSA) is 56.1 Å². The van der Waals surface area contributed by atoms with E-state index in [9.17, 15) is 13.6 Å². The summed E-state index contributed by atoms with van der Waals surface area (Å²) < 4.78 is 33.7. The summed E-state index contributed by atoms with van der Waals surface area (Å²) in [6.45, 7) is 2.70. The molecule has 2 aromatic carbocycles. The van der Waals surface area contributed by atoms with Gasteiger partial charge in [-0.2, -0.15) is 4.98 Å². The van der Waals surface area contributed by atoms with Crippen molar-refractivity contribution in [3.8, 4) is 5.88 Å². The summed E-state index contributed by atoms with van der Waals surface area (Å²) >= 11 is 6.18. The molecule has 4 rings (SSSR count). The summed E-state index contributed by atoms with van der Waals surface area (Å²) in [5.74, 6) is -1.07. The van der Waals surface area contributed by atoms with Gasteiger partial charge in [0, 0.05) is 23.9 Å². The number of aromatic nitrogens is 2. The number of hydrogen-bond acceptors (Lipinski definition) is 4. The molecule has 0 amide bonds. The molecule has 2 heterocycles. The Balaban J connectivity index is 1.56. The number of nitrogens with zero attached hydrogens (tertiary/aromatic N) is 2. The molecule has 0 aliphatic carbocycles. The van der Waals surface area contributed by atoms with Crippen LogP contribution in [0.1, 0.15) is 22.5 Å². The fourth-order valence-corrected chi connectivity index (χ4v) is 3.52. The number of hydrogen-bond donors (Lipinski definition) is 1. The van der Waals surface area contributed by atoms with Crippen LogP contribution in [0.15, 0.2) is 41.2 Å². The van der Waals surface area contributed by atoms with Gasteiger partial charge in [0.25, 0.3) is 5.56 Å². The van der Waals surface area contributed by atoms with E-state index in [4.69, 9.17) is 16.3 Å². The third-order valence-electron chi connectivity index (χ3n) is 4.87. The van der Waals surface area contributed by atoms with Gasteiger partial charge in [-0.3, -0.25) is 9.36 Å². The zero-order valence-corrected chi connectivity index (χ0v) is 16.4. The molecule has 0 radical (unpaired) electrons. The van der Waals surface area contributed by atoms with Crippen LogP contribution in [0, 0.1) is 18.6 Å². The molecule has 150 valence electrons. The van der Waals surface area contributed by atoms with Crippen molar-refractivity contribution in [3.05, 3.63) is 85.9 Å². The van der Waals surface area contributed by atoms with E-state index in [1.54, 1.807) is 6.92 Å². The first-order chi connectivity index (χ1) is 13.9. The fraction of sp³-hybridized carbons (Fsp3) is 0.238. The predicted molar refractivity (Wildman–Crippen MR) is 107 cm³/mol. The maximum atomic E-state index is 13.8. The average Bonchev–Trinajstić information content (AvgIpc) is 3.16. The van der Waals surface area contributed by atoms with E-state index in [0.717, 1.165) is 36.3 Å². The Morgan fingerprint density at radius 3 is 2.86 bits per heavy atom. The van der Waals surface area contributed by atoms with Crippen LogP contribution in [0.2, 0.25) is 5.02 Å². The van der Waals surface area contributed by atoms with Gasteiger partial charge in [0.15, 0.2) is 5.02 Å². The molecule has 0 unspecified atom stereocenters. The molecular formula is C21H18ClF2N3O2. The number of benzene rings is 2. The molecule has 1 N–H and O–H groups in total. The van der Waals surface area contributed by atoms with Gasteiger partial charge in [-0.05, 0) is 42.7 Å². The third-order valence-corrected chi connectivity index (χ3v) is 5.20. The molecule has 0 bridgehead atoms. The Kier molecular flexibility index (Phi) is 5.24. The van der Waals surface area contributed by atoms with Crippen molar-refractivity contribution in [3.63, 3.8) is 0 Å². The maximum Gasteiger partial charge on any atom is 0.276 e. The highest BCUT2D eigenvalue weighted by atomic mass is 35.5. The summed E-state index contributed by atoms with van der Waals surface area (Å²) in [5.41, 5.74) is 3.00. The molecule has 0 saturated carbocycles. The van der Waals surface area contributed by atoms with Crippen molar-refractivity contribution in [1.29, 1.82) is 0 Å². The first-order valence-corrected chi connectivity index (χ1v) is 9.49. The van der Waals surface area contributed by atoms with Gasteiger partial charge in [-0.25, -0.2) is 8.78 Å². The molecule has 0 saturated heterocycles. The van der Waals surface area contributed by atoms with Crippen LogP contribution in [0.25, 0.3) is 0 Å². The van der Waals surface area contributed by atoms with Crippen molar-refractivity contribution in [1.82, 2.24) is 9.55 Å². The van der Waals surface area contributed by atoms with Crippen LogP contribution in [-0.4, -0.2) is 16.1 Å². The summed E-state index contributed by atoms with van der Waals surface area (Å²) in [5, 5.41) is 3.12. The van der Waals surface area contributed by atoms with Crippen LogP contribution < -0.4 is 15.6 Å². The molecule has 0 atom stereocenters. The van der Waals surface area contributed by atoms with Crippen LogP contribution in [0.3, 0.4) is 0 Å². The van der Waals surface area contributed by atoms with Crippen LogP contribution in [-0.2, 0) is 19.6 Å². The number of rotatable bonds is 5. The van der Waals surface area contributed by atoms with Gasteiger partial charge in [0.1, 0.15) is 24.1 Å². The average molecular weight is 418 g/mol. The van der Waals surface area contributed by atoms with E-state index in [1.165, 1.54) is 16.2 Å². The SMILES string of the molecule is Cc1nc(OCc2ccc(F)cc2F)c(Cl)c(=O)n1Cc1ccc2c(c1)CCN2. The molecule has 1 aliphatic rings. The van der Waals surface area contributed by atoms with Gasteiger partial charge < -0.3 is 10.1 Å². The molecular weight excluding hydrogens is 400 g/mol. The molecule has 0 fully saturated rings. The smallest absolute Gasteiger partial charge is 0.276 e. The summed E-state index contributed by atoms with van der Waals surface area (Å²) in [6, 6.07) is 9.20. The first kappa shape index (κ1) is 19.4. The lowest BCUT2D eigenvalue weighted by Crippen LogP contribution is -2.25. The van der Waals surface area contributed by atoms with Gasteiger partial charge in [-0.15, -0.1) is 0 Å². The Morgan fingerprint density at radius 2 is 2.07 bits per heavy atom. The third kappa shape index (κ3) is 3.96. The summed E-state index contributed by atoms with van der Waals surface area (Å²) in [4.78, 5) is 17.0. The standard InChI is InChI=1S/C21H18ClF2N3O2/c1-12-26-20(29-11-15-3-4-16(23)9-17(15)24)19(22)21(28)27(12)10-13-2-5-18-14(8-13)6-7-25-18/h2-5,8-9,25H,6-7,10-11H2,1H3. The number of ether oxygens (including phenoxy) is 1. The molecule has 1 aromatic heterocycles. The largest absolute Gasteiger partial charge is 0.471 e. The minimum atomic E-state index is -0.739. The zero-order valence-electron chi connectivity index (χ0n) is 15.6. The van der Waals surface area contributed by atoms with Crippen LogP contribution >= 0.6 is 11.6 Å². The van der Waals surface area contributed by atoms with Gasteiger partial charge in [0.05, 0.1) is 6.54 Å². The van der Waals surface area contributed by atoms with E-state index in [0.29, 0.717) is 12.4 Å². The number of nitrogens with one attached hydrogen (secondary N) is 1. The Labute approximate surface area is 170 Å². The highest BCUT2D eigenvalue weighted by Gasteiger charge is 2.17. The van der Waals surface area contributed by atoms with Crippen molar-refractivity contribution in [2.75, 3.05) is 11.9 Å². The second-order valence-corrected chi connectivity index (χ2v) is 7.24. The van der Waals surface area contributed by atoms with E-state index in [2.05, 4.69) is 16.4 Å². The second kappa shape index (κ2) is 7.83. The van der Waals surface area contributed by atoms with Gasteiger partial charge in [0.2, 0.25) is 5.88 Å². The van der Waals surface area contributed by atoms with Crippen molar-refractivity contribution in [2.24, 2.45) is 0 Å². The maximum absolute atomic E-state index is 13.8. The van der Waals surface area contributed by atoms with Gasteiger partial charge in [-0.1, -0.05) is 23.7 Å². The minimum absolute atomic E-state index is 0.0766. The Hall–Kier alpha value is -2.93. The summed E-state index contributed by atoms with van der Waals surface area (Å²) in [6.07, 6.45) is 0.947. The van der Waals surface area contributed by atoms with E-state index in [-0.39, 0.29) is 23.1 Å². The number of fused-ring (bicyclic) bond motifs is 1. The van der Waals surface area contributed by atoms with E-state index < -0.39 is 17.2 Å². The molecule has 5 nitrogen and oxygen atoms in total. The van der Waals surface area contributed by atoms with Crippen molar-refractivity contribution >= 4 is 17.3 Å². The lowest BCUT2D eigenvalue weighted by Gasteiger charge is -2.14. The molecule has 3 aromatic rings. The second-order valence-electron chi connectivity index (χ2n) is 6.86. The van der Waals surface area contributed by atoms with Crippen LogP contribution in [0.4, 0.5) is 14.5 Å². The van der Waals surface area contributed by atoms with Crippen molar-refractivity contribution < 1.29 is 13.5 Å². The predicted octanol–water partition coefficient (Wildman–Crippen LogP) is 4.08. The molecule has 0 spiro atoms. The van der Waals surface area contributed by atoms with Crippen LogP contribution in [0.5, 0.6) is 5.88 Å². The molecule has 1 aliphatic heterocycles. The Bertz CT molecular complexity index is 1150. The Morgan fingerprint density at radius 1 is 1.24 bits per heavy atom. The van der Waals surface area contributed by atoms with Gasteiger partial charge >= 0.3 is 0 Å². The monoisotopic (exact) mass is 417 g/mol. The van der Waals surface area contributed by atoms with Crippen molar-refractivity contribution in [2.45, 2.75) is 26.5 Å². The quantitative estimate of drug-likeness (QED) is 0.679. The fourth-order valence-electron chi connectivity index (χ4n) is 3.32. The number of aryl methyl sites for hydroxylation is 1. The lowest BCUT2D eigenvalue weighted by molar-refractivity contribution is 0.285. The van der Waals surface area contributed by atoms with E-state index >= 15 is 0 Å². The van der Waals surface area contributed by atoms with E-state index in [1.807, 2.05) is 12.1 Å². The molecule has 8 heteroatoms. The number of anilines is 1. The first-order valence-electron chi connectivity index (χ1n) is 9.11. The number of halogens is 3. The highest BCUT2D eigenvalue weighted by Crippen LogP contribution is 2.24. The lowest BCUT2D eigenvalue weighted by atomic mass is 10.1.